The molecule has 0 aromatic carbocycles. The number of hydrogen-bond donors (Lipinski definition) is 1. The van der Waals surface area contributed by atoms with E-state index in [1.807, 2.05) is 0 Å². The molecular formula is C14H20N4O3S2. The topological polar surface area (TPSA) is 97.3 Å². The predicted molar refractivity (Wildman–Crippen MR) is 88.6 cm³/mol. The first-order valence-electron chi connectivity index (χ1n) is 7.27. The van der Waals surface area contributed by atoms with Crippen molar-refractivity contribution in [3.05, 3.63) is 18.0 Å². The second kappa shape index (κ2) is 7.38. The van der Waals surface area contributed by atoms with Crippen molar-refractivity contribution in [1.82, 2.24) is 14.2 Å². The number of rotatable bonds is 5. The minimum atomic E-state index is -3.56. The number of sulfonamides is 1. The minimum absolute atomic E-state index is 0.106. The lowest BCUT2D eigenvalue weighted by Gasteiger charge is -2.24. The summed E-state index contributed by atoms with van der Waals surface area (Å²) in [5.74, 6) is 0.949. The molecule has 0 unspecified atom stereocenters. The largest absolute Gasteiger partial charge is 0.356 e. The summed E-state index contributed by atoms with van der Waals surface area (Å²) in [7, 11) is -1.97. The first-order valence-corrected chi connectivity index (χ1v) is 9.87. The van der Waals surface area contributed by atoms with Crippen LogP contribution in [0.3, 0.4) is 0 Å². The van der Waals surface area contributed by atoms with Crippen molar-refractivity contribution in [3.63, 3.8) is 0 Å². The molecule has 1 aromatic heterocycles. The maximum Gasteiger partial charge on any atom is 0.270 e. The fourth-order valence-electron chi connectivity index (χ4n) is 2.32. The van der Waals surface area contributed by atoms with Gasteiger partial charge in [-0.25, -0.2) is 8.42 Å². The summed E-state index contributed by atoms with van der Waals surface area (Å²) in [6.45, 7) is 2.99. The Morgan fingerprint density at radius 1 is 1.52 bits per heavy atom. The smallest absolute Gasteiger partial charge is 0.270 e. The molecule has 1 N–H and O–H groups in total. The Labute approximate surface area is 140 Å². The number of H-pyrrole nitrogens is 1. The molecule has 23 heavy (non-hydrogen) atoms. The first-order chi connectivity index (χ1) is 10.9. The van der Waals surface area contributed by atoms with Crippen LogP contribution in [0.1, 0.15) is 17.4 Å². The third kappa shape index (κ3) is 4.07. The monoisotopic (exact) mass is 356 g/mol. The van der Waals surface area contributed by atoms with Crippen molar-refractivity contribution in [2.45, 2.75) is 11.8 Å². The number of nitrogens with one attached hydrogen (secondary N) is 1. The van der Waals surface area contributed by atoms with Gasteiger partial charge in [-0.1, -0.05) is 0 Å². The Hall–Kier alpha value is -1.50. The summed E-state index contributed by atoms with van der Waals surface area (Å²) in [6, 6.07) is 3.43. The van der Waals surface area contributed by atoms with Crippen LogP contribution in [0.25, 0.3) is 0 Å². The molecule has 0 radical (unpaired) electrons. The molecule has 126 valence electrons. The van der Waals surface area contributed by atoms with Gasteiger partial charge in [-0.05, 0) is 13.0 Å². The Balaban J connectivity index is 2.13. The van der Waals surface area contributed by atoms with E-state index in [0.717, 1.165) is 11.5 Å². The number of nitriles is 1. The van der Waals surface area contributed by atoms with E-state index in [1.165, 1.54) is 21.5 Å². The van der Waals surface area contributed by atoms with E-state index in [4.69, 9.17) is 5.26 Å². The number of aromatic amines is 1. The highest BCUT2D eigenvalue weighted by Crippen LogP contribution is 2.21. The van der Waals surface area contributed by atoms with Crippen LogP contribution < -0.4 is 0 Å². The molecule has 0 aliphatic carbocycles. The number of carbonyl (C=O) groups is 1. The quantitative estimate of drug-likeness (QED) is 0.848. The van der Waals surface area contributed by atoms with Crippen LogP contribution in [0.15, 0.2) is 17.2 Å². The molecule has 1 fully saturated rings. The van der Waals surface area contributed by atoms with Crippen molar-refractivity contribution in [2.75, 3.05) is 38.2 Å². The van der Waals surface area contributed by atoms with Crippen molar-refractivity contribution in [1.29, 1.82) is 5.26 Å². The highest BCUT2D eigenvalue weighted by atomic mass is 32.2. The normalized spacial score (nSPS) is 17.4. The summed E-state index contributed by atoms with van der Waals surface area (Å²) in [6.07, 6.45) is 1.35. The minimum Gasteiger partial charge on any atom is -0.356 e. The summed E-state index contributed by atoms with van der Waals surface area (Å²) >= 11 is 1.73. The molecule has 0 spiro atoms. The molecule has 2 rings (SSSR count). The fourth-order valence-corrected chi connectivity index (χ4v) is 4.89. The Morgan fingerprint density at radius 2 is 2.17 bits per heavy atom. The fraction of sp³-hybridized carbons (Fsp3) is 0.571. The van der Waals surface area contributed by atoms with Crippen LogP contribution in [-0.2, 0) is 10.0 Å². The standard InChI is InChI=1S/C14H20N4O3S2/c1-11(8-15)10-17(2)14(19)13-7-12(9-16-13)23(20,21)18-3-5-22-6-4-18/h7,9,11,16H,3-6,10H2,1-2H3/t11-/m1/s1. The van der Waals surface area contributed by atoms with Crippen molar-refractivity contribution >= 4 is 27.7 Å². The predicted octanol–water partition coefficient (Wildman–Crippen LogP) is 0.984. The average molecular weight is 356 g/mol. The summed E-state index contributed by atoms with van der Waals surface area (Å²) < 4.78 is 26.5. The summed E-state index contributed by atoms with van der Waals surface area (Å²) in [5.41, 5.74) is 0.211. The SMILES string of the molecule is C[C@H](C#N)CN(C)C(=O)c1cc(S(=O)(=O)N2CCSCC2)c[nH]1. The molecular weight excluding hydrogens is 336 g/mol. The molecule has 1 atom stereocenters. The Kier molecular flexibility index (Phi) is 5.73. The van der Waals surface area contributed by atoms with Gasteiger partial charge >= 0.3 is 0 Å². The van der Waals surface area contributed by atoms with E-state index < -0.39 is 10.0 Å². The molecule has 7 nitrogen and oxygen atoms in total. The van der Waals surface area contributed by atoms with Gasteiger partial charge in [0, 0.05) is 44.4 Å². The van der Waals surface area contributed by atoms with Gasteiger partial charge in [-0.2, -0.15) is 21.3 Å². The van der Waals surface area contributed by atoms with Gasteiger partial charge in [0.25, 0.3) is 5.91 Å². The van der Waals surface area contributed by atoms with Crippen LogP contribution >= 0.6 is 11.8 Å². The van der Waals surface area contributed by atoms with Gasteiger partial charge in [0.05, 0.1) is 12.0 Å². The third-order valence-electron chi connectivity index (χ3n) is 3.61. The molecule has 9 heteroatoms. The van der Waals surface area contributed by atoms with Gasteiger partial charge in [0.1, 0.15) is 10.6 Å². The zero-order valence-electron chi connectivity index (χ0n) is 13.2. The molecule has 2 heterocycles. The number of amides is 1. The lowest BCUT2D eigenvalue weighted by atomic mass is 10.2. The second-order valence-corrected chi connectivity index (χ2v) is 8.64. The van der Waals surface area contributed by atoms with E-state index in [2.05, 4.69) is 11.1 Å². The maximum absolute atomic E-state index is 12.5. The van der Waals surface area contributed by atoms with Crippen molar-refractivity contribution in [3.8, 4) is 6.07 Å². The van der Waals surface area contributed by atoms with Crippen LogP contribution in [-0.4, -0.2) is 66.7 Å². The highest BCUT2D eigenvalue weighted by molar-refractivity contribution is 7.99. The van der Waals surface area contributed by atoms with E-state index in [9.17, 15) is 13.2 Å². The highest BCUT2D eigenvalue weighted by Gasteiger charge is 2.28. The van der Waals surface area contributed by atoms with Crippen LogP contribution in [0, 0.1) is 17.2 Å². The second-order valence-electron chi connectivity index (χ2n) is 5.48. The number of nitrogens with zero attached hydrogens (tertiary/aromatic N) is 3. The average Bonchev–Trinajstić information content (AvgIpc) is 3.05. The van der Waals surface area contributed by atoms with Crippen LogP contribution in [0.2, 0.25) is 0 Å². The van der Waals surface area contributed by atoms with E-state index in [-0.39, 0.29) is 22.4 Å². The third-order valence-corrected chi connectivity index (χ3v) is 6.43. The Morgan fingerprint density at radius 3 is 2.78 bits per heavy atom. The van der Waals surface area contributed by atoms with Gasteiger partial charge in [0.2, 0.25) is 10.0 Å². The lowest BCUT2D eigenvalue weighted by molar-refractivity contribution is 0.0780. The zero-order valence-corrected chi connectivity index (χ0v) is 14.8. The number of aromatic nitrogens is 1. The zero-order chi connectivity index (χ0) is 17.0. The first kappa shape index (κ1) is 17.8. The molecule has 0 bridgehead atoms. The van der Waals surface area contributed by atoms with E-state index >= 15 is 0 Å². The van der Waals surface area contributed by atoms with Gasteiger partial charge in [-0.15, -0.1) is 0 Å². The van der Waals surface area contributed by atoms with Crippen molar-refractivity contribution < 1.29 is 13.2 Å². The number of thioether (sulfide) groups is 1. The van der Waals surface area contributed by atoms with E-state index in [1.54, 1.807) is 25.7 Å². The maximum atomic E-state index is 12.5. The summed E-state index contributed by atoms with van der Waals surface area (Å²) in [4.78, 5) is 16.5. The molecule has 1 amide bonds. The van der Waals surface area contributed by atoms with E-state index in [0.29, 0.717) is 19.6 Å². The number of hydrogen-bond acceptors (Lipinski definition) is 5. The van der Waals surface area contributed by atoms with Crippen molar-refractivity contribution in [2.24, 2.45) is 5.92 Å². The lowest BCUT2D eigenvalue weighted by Crippen LogP contribution is -2.37. The van der Waals surface area contributed by atoms with Gasteiger partial charge in [0.15, 0.2) is 0 Å². The molecule has 1 aromatic rings. The molecule has 1 aliphatic heterocycles. The number of carbonyl (C=O) groups excluding carboxylic acids is 1. The summed E-state index contributed by atoms with van der Waals surface area (Å²) in [5, 5.41) is 8.81. The molecule has 0 saturated carbocycles. The Bertz CT molecular complexity index is 702. The van der Waals surface area contributed by atoms with Gasteiger partial charge in [-0.3, -0.25) is 4.79 Å². The van der Waals surface area contributed by atoms with Gasteiger partial charge < -0.3 is 9.88 Å². The van der Waals surface area contributed by atoms with Crippen LogP contribution in [0.4, 0.5) is 0 Å². The molecule has 1 saturated heterocycles. The van der Waals surface area contributed by atoms with Crippen LogP contribution in [0.5, 0.6) is 0 Å². The molecule has 1 aliphatic rings.